The quantitative estimate of drug-likeness (QED) is 0.125. The number of aliphatic carboxylic acids is 2. The Balaban J connectivity index is 1.92. The Morgan fingerprint density at radius 2 is 1.47 bits per heavy atom. The van der Waals surface area contributed by atoms with Crippen LogP contribution in [0.1, 0.15) is 37.8 Å². The van der Waals surface area contributed by atoms with E-state index < -0.39 is 66.2 Å². The molecule has 0 aliphatic heterocycles. The summed E-state index contributed by atoms with van der Waals surface area (Å²) in [5.74, 6) is -5.32. The standard InChI is InChI=1S/C30H37N5O8/c1-3-16(2)26(30(42)43)35-29(41)23(12-17-8-10-19(36)11-9-17)34-28(40)24(33-27(39)21(31)14-25(37)38)13-18-15-32-22-7-5-4-6-20(18)22/h4-11,15-16,21,23-24,26,32,36H,3,12-14,31H2,1-2H3,(H,33,39)(H,34,40)(H,35,41)(H,37,38)(H,42,43). The highest BCUT2D eigenvalue weighted by atomic mass is 16.4. The molecule has 13 heteroatoms. The van der Waals surface area contributed by atoms with Crippen molar-refractivity contribution >= 4 is 40.6 Å². The largest absolute Gasteiger partial charge is 0.508 e. The zero-order chi connectivity index (χ0) is 31.7. The minimum Gasteiger partial charge on any atom is -0.508 e. The minimum atomic E-state index is -1.43. The summed E-state index contributed by atoms with van der Waals surface area (Å²) in [5, 5.41) is 36.9. The van der Waals surface area contributed by atoms with Crippen LogP contribution in [-0.2, 0) is 36.8 Å². The van der Waals surface area contributed by atoms with Crippen molar-refractivity contribution in [1.82, 2.24) is 20.9 Å². The summed E-state index contributed by atoms with van der Waals surface area (Å²) in [6, 6.07) is 8.06. The molecule has 1 aromatic heterocycles. The number of rotatable bonds is 15. The monoisotopic (exact) mass is 595 g/mol. The Kier molecular flexibility index (Phi) is 11.2. The summed E-state index contributed by atoms with van der Waals surface area (Å²) in [5.41, 5.74) is 7.78. The number of aromatic amines is 1. The molecule has 5 unspecified atom stereocenters. The fraction of sp³-hybridized carbons (Fsp3) is 0.367. The van der Waals surface area contributed by atoms with Crippen molar-refractivity contribution in [1.29, 1.82) is 0 Å². The number of benzene rings is 2. The number of fused-ring (bicyclic) bond motifs is 1. The van der Waals surface area contributed by atoms with Crippen molar-refractivity contribution in [2.24, 2.45) is 11.7 Å². The molecule has 3 aromatic rings. The highest BCUT2D eigenvalue weighted by Gasteiger charge is 2.32. The maximum Gasteiger partial charge on any atom is 0.326 e. The molecule has 0 bridgehead atoms. The molecule has 3 rings (SSSR count). The maximum absolute atomic E-state index is 13.7. The summed E-state index contributed by atoms with van der Waals surface area (Å²) < 4.78 is 0. The number of aromatic nitrogens is 1. The van der Waals surface area contributed by atoms with E-state index in [9.17, 15) is 34.2 Å². The van der Waals surface area contributed by atoms with Gasteiger partial charge in [-0.3, -0.25) is 19.2 Å². The van der Waals surface area contributed by atoms with Gasteiger partial charge in [0, 0.05) is 29.9 Å². The number of carbonyl (C=O) groups excluding carboxylic acids is 3. The van der Waals surface area contributed by atoms with Crippen LogP contribution in [0.25, 0.3) is 10.9 Å². The van der Waals surface area contributed by atoms with Gasteiger partial charge in [0.2, 0.25) is 17.7 Å². The molecule has 0 aliphatic carbocycles. The molecule has 13 nitrogen and oxygen atoms in total. The van der Waals surface area contributed by atoms with Gasteiger partial charge < -0.3 is 42.0 Å². The zero-order valence-corrected chi connectivity index (χ0v) is 23.9. The number of carbonyl (C=O) groups is 5. The third kappa shape index (κ3) is 9.04. The van der Waals surface area contributed by atoms with Crippen molar-refractivity contribution in [3.05, 3.63) is 65.9 Å². The van der Waals surface area contributed by atoms with Gasteiger partial charge in [-0.05, 0) is 35.2 Å². The molecule has 0 fully saturated rings. The zero-order valence-electron chi connectivity index (χ0n) is 23.9. The number of nitrogens with two attached hydrogens (primary N) is 1. The first-order valence-electron chi connectivity index (χ1n) is 13.8. The van der Waals surface area contributed by atoms with Crippen LogP contribution in [0.5, 0.6) is 5.75 Å². The van der Waals surface area contributed by atoms with Gasteiger partial charge in [-0.25, -0.2) is 4.79 Å². The van der Waals surface area contributed by atoms with Crippen LogP contribution in [0.15, 0.2) is 54.7 Å². The number of carboxylic acids is 2. The molecule has 0 radical (unpaired) electrons. The number of amides is 3. The topological polar surface area (TPSA) is 224 Å². The van der Waals surface area contributed by atoms with Gasteiger partial charge in [0.1, 0.15) is 23.9 Å². The van der Waals surface area contributed by atoms with Crippen molar-refractivity contribution in [2.75, 3.05) is 0 Å². The smallest absolute Gasteiger partial charge is 0.326 e. The second kappa shape index (κ2) is 14.8. The van der Waals surface area contributed by atoms with Gasteiger partial charge in [0.15, 0.2) is 0 Å². The Labute approximate surface area is 247 Å². The molecule has 2 aromatic carbocycles. The predicted molar refractivity (Wildman–Crippen MR) is 157 cm³/mol. The third-order valence-electron chi connectivity index (χ3n) is 7.25. The molecule has 0 saturated heterocycles. The number of hydrogen-bond acceptors (Lipinski definition) is 7. The van der Waals surface area contributed by atoms with Crippen LogP contribution in [0.2, 0.25) is 0 Å². The van der Waals surface area contributed by atoms with Gasteiger partial charge in [0.25, 0.3) is 0 Å². The average molecular weight is 596 g/mol. The summed E-state index contributed by atoms with van der Waals surface area (Å²) in [4.78, 5) is 66.1. The number of phenolic OH excluding ortho intramolecular Hbond substituents is 1. The molecule has 43 heavy (non-hydrogen) atoms. The van der Waals surface area contributed by atoms with Crippen molar-refractivity contribution < 1.29 is 39.3 Å². The molecule has 0 spiro atoms. The van der Waals surface area contributed by atoms with E-state index in [0.29, 0.717) is 17.5 Å². The summed E-state index contributed by atoms with van der Waals surface area (Å²) in [7, 11) is 0. The van der Waals surface area contributed by atoms with E-state index in [0.717, 1.165) is 10.9 Å². The lowest BCUT2D eigenvalue weighted by atomic mass is 9.97. The van der Waals surface area contributed by atoms with Gasteiger partial charge in [-0.15, -0.1) is 0 Å². The van der Waals surface area contributed by atoms with Crippen LogP contribution < -0.4 is 21.7 Å². The van der Waals surface area contributed by atoms with E-state index >= 15 is 0 Å². The van der Waals surface area contributed by atoms with Gasteiger partial charge in [0.05, 0.1) is 12.5 Å². The lowest BCUT2D eigenvalue weighted by molar-refractivity contribution is -0.143. The highest BCUT2D eigenvalue weighted by molar-refractivity contribution is 5.95. The number of aromatic hydroxyl groups is 1. The van der Waals surface area contributed by atoms with E-state index in [1.165, 1.54) is 12.1 Å². The van der Waals surface area contributed by atoms with E-state index in [2.05, 4.69) is 20.9 Å². The fourth-order valence-electron chi connectivity index (χ4n) is 4.58. The molecule has 9 N–H and O–H groups in total. The van der Waals surface area contributed by atoms with E-state index in [1.807, 2.05) is 24.3 Å². The molecular formula is C30H37N5O8. The molecule has 230 valence electrons. The summed E-state index contributed by atoms with van der Waals surface area (Å²) >= 11 is 0. The van der Waals surface area contributed by atoms with Crippen molar-refractivity contribution in [2.45, 2.75) is 63.7 Å². The number of phenols is 1. The van der Waals surface area contributed by atoms with Crippen LogP contribution in [0, 0.1) is 5.92 Å². The summed E-state index contributed by atoms with van der Waals surface area (Å²) in [6.07, 6.45) is 1.40. The first kappa shape index (κ1) is 32.6. The molecule has 1 heterocycles. The normalized spacial score (nSPS) is 14.6. The molecule has 0 aliphatic rings. The molecular weight excluding hydrogens is 558 g/mol. The van der Waals surface area contributed by atoms with E-state index in [1.54, 1.807) is 32.2 Å². The third-order valence-corrected chi connectivity index (χ3v) is 7.25. The Bertz CT molecular complexity index is 1450. The first-order chi connectivity index (χ1) is 20.4. The van der Waals surface area contributed by atoms with Crippen LogP contribution in [-0.4, -0.2) is 74.1 Å². The number of carboxylic acid groups (broad SMARTS) is 2. The van der Waals surface area contributed by atoms with Gasteiger partial charge in [-0.2, -0.15) is 0 Å². The molecule has 3 amide bonds. The highest BCUT2D eigenvalue weighted by Crippen LogP contribution is 2.20. The fourth-order valence-corrected chi connectivity index (χ4v) is 4.58. The Morgan fingerprint density at radius 1 is 0.860 bits per heavy atom. The van der Waals surface area contributed by atoms with Gasteiger partial charge in [-0.1, -0.05) is 50.6 Å². The van der Waals surface area contributed by atoms with Crippen molar-refractivity contribution in [3.8, 4) is 5.75 Å². The first-order valence-corrected chi connectivity index (χ1v) is 13.8. The number of para-hydroxylation sites is 1. The van der Waals surface area contributed by atoms with Crippen LogP contribution >= 0.6 is 0 Å². The molecule has 5 atom stereocenters. The SMILES string of the molecule is CCC(C)C(NC(=O)C(Cc1ccc(O)cc1)NC(=O)C(Cc1c[nH]c2ccccc12)NC(=O)C(N)CC(=O)O)C(=O)O. The maximum atomic E-state index is 13.7. The second-order valence-electron chi connectivity index (χ2n) is 10.5. The predicted octanol–water partition coefficient (Wildman–Crippen LogP) is 1.05. The Morgan fingerprint density at radius 3 is 2.09 bits per heavy atom. The second-order valence-corrected chi connectivity index (χ2v) is 10.5. The lowest BCUT2D eigenvalue weighted by Crippen LogP contribution is -2.58. The van der Waals surface area contributed by atoms with E-state index in [4.69, 9.17) is 10.8 Å². The summed E-state index contributed by atoms with van der Waals surface area (Å²) in [6.45, 7) is 3.47. The Hall–Kier alpha value is -4.91. The molecule has 0 saturated carbocycles. The van der Waals surface area contributed by atoms with Crippen molar-refractivity contribution in [3.63, 3.8) is 0 Å². The number of hydrogen-bond donors (Lipinski definition) is 8. The average Bonchev–Trinajstić information content (AvgIpc) is 3.37. The number of H-pyrrole nitrogens is 1. The lowest BCUT2D eigenvalue weighted by Gasteiger charge is -2.26. The van der Waals surface area contributed by atoms with E-state index in [-0.39, 0.29) is 18.6 Å². The number of nitrogens with one attached hydrogen (secondary N) is 4. The van der Waals surface area contributed by atoms with Crippen LogP contribution in [0.4, 0.5) is 0 Å². The minimum absolute atomic E-state index is 0.00398. The van der Waals surface area contributed by atoms with Gasteiger partial charge >= 0.3 is 11.9 Å². The van der Waals surface area contributed by atoms with Crippen LogP contribution in [0.3, 0.4) is 0 Å².